The maximum absolute atomic E-state index is 12.4. The third-order valence-corrected chi connectivity index (χ3v) is 5.30. The van der Waals surface area contributed by atoms with Crippen molar-refractivity contribution < 1.29 is 29.4 Å². The van der Waals surface area contributed by atoms with Crippen LogP contribution < -0.4 is 32.1 Å². The number of aromatic amines is 1. The topological polar surface area (TPSA) is 220 Å². The molecule has 0 aliphatic carbocycles. The zero-order valence-corrected chi connectivity index (χ0v) is 18.7. The molecule has 1 aliphatic heterocycles. The number of carbonyl (C=O) groups excluding carboxylic acids is 2. The fraction of sp³-hybridized carbons (Fsp3) is 0.333. The van der Waals surface area contributed by atoms with Gasteiger partial charge in [-0.2, -0.15) is 4.98 Å². The van der Waals surface area contributed by atoms with Gasteiger partial charge in [0.25, 0.3) is 11.5 Å². The first kappa shape index (κ1) is 25.0. The van der Waals surface area contributed by atoms with Crippen molar-refractivity contribution >= 4 is 46.9 Å². The van der Waals surface area contributed by atoms with Gasteiger partial charge in [-0.05, 0) is 30.7 Å². The number of carbonyl (C=O) groups is 4. The van der Waals surface area contributed by atoms with E-state index in [1.165, 1.54) is 24.0 Å². The summed E-state index contributed by atoms with van der Waals surface area (Å²) in [6, 6.07) is 4.38. The number of hydrogen-bond donors (Lipinski definition) is 7. The Hall–Kier alpha value is -4.62. The highest BCUT2D eigenvalue weighted by Gasteiger charge is 2.32. The van der Waals surface area contributed by atoms with E-state index in [4.69, 9.17) is 10.8 Å². The van der Waals surface area contributed by atoms with Gasteiger partial charge in [-0.3, -0.25) is 29.1 Å². The third-order valence-electron chi connectivity index (χ3n) is 5.30. The second-order valence-corrected chi connectivity index (χ2v) is 7.83. The molecule has 0 bridgehead atoms. The van der Waals surface area contributed by atoms with Gasteiger partial charge >= 0.3 is 11.9 Å². The maximum atomic E-state index is 12.4. The Morgan fingerprint density at radius 3 is 2.51 bits per heavy atom. The van der Waals surface area contributed by atoms with Crippen LogP contribution in [0, 0.1) is 0 Å². The summed E-state index contributed by atoms with van der Waals surface area (Å²) in [6.45, 7) is 1.91. The van der Waals surface area contributed by atoms with Crippen LogP contribution in [0.25, 0.3) is 0 Å². The fourth-order valence-corrected chi connectivity index (χ4v) is 3.64. The number of nitrogens with zero attached hydrogens (tertiary/aromatic N) is 2. The molecule has 8 N–H and O–H groups in total. The van der Waals surface area contributed by atoms with E-state index in [-0.39, 0.29) is 41.9 Å². The molecule has 2 heterocycles. The SMILES string of the molecule is CC(=O)N1c2c(nc(N)[nH]c2=O)NCC1CNc1ccc(C(=O)N[C@@H](CCC(=O)O)C(=O)O)cc1. The summed E-state index contributed by atoms with van der Waals surface area (Å²) in [7, 11) is 0. The first-order valence-electron chi connectivity index (χ1n) is 10.6. The number of H-pyrrole nitrogens is 1. The standard InChI is InChI=1S/C21H25N7O7/c1-10(29)28-13(9-24-17-16(28)19(33)27-21(22)26-17)8-23-12-4-2-11(3-5-12)18(32)25-14(20(34)35)6-7-15(30)31/h2-5,13-14,23H,6-9H2,1H3,(H,25,32)(H,30,31)(H,34,35)(H4,22,24,26,27,33)/t13?,14-/m0/s1. The van der Waals surface area contributed by atoms with Crippen molar-refractivity contribution in [3.05, 3.63) is 40.2 Å². The van der Waals surface area contributed by atoms with Crippen LogP contribution in [0.15, 0.2) is 29.1 Å². The molecule has 2 amide bonds. The lowest BCUT2D eigenvalue weighted by Gasteiger charge is -2.36. The molecule has 0 spiro atoms. The summed E-state index contributed by atoms with van der Waals surface area (Å²) in [5.41, 5.74) is 5.90. The van der Waals surface area contributed by atoms with Crippen molar-refractivity contribution in [2.24, 2.45) is 0 Å². The Morgan fingerprint density at radius 1 is 1.23 bits per heavy atom. The molecule has 1 aromatic heterocycles. The monoisotopic (exact) mass is 487 g/mol. The average molecular weight is 487 g/mol. The van der Waals surface area contributed by atoms with Gasteiger partial charge in [0, 0.05) is 37.7 Å². The quantitative estimate of drug-likeness (QED) is 0.242. The summed E-state index contributed by atoms with van der Waals surface area (Å²) < 4.78 is 0. The lowest BCUT2D eigenvalue weighted by atomic mass is 10.1. The maximum Gasteiger partial charge on any atom is 0.326 e. The van der Waals surface area contributed by atoms with Crippen LogP contribution in [0.5, 0.6) is 0 Å². The molecule has 1 unspecified atom stereocenters. The van der Waals surface area contributed by atoms with Gasteiger partial charge in [0.1, 0.15) is 6.04 Å². The average Bonchev–Trinajstić information content (AvgIpc) is 2.79. The van der Waals surface area contributed by atoms with Crippen molar-refractivity contribution in [2.45, 2.75) is 31.8 Å². The number of benzene rings is 1. The number of fused-ring (bicyclic) bond motifs is 1. The molecule has 0 saturated heterocycles. The van der Waals surface area contributed by atoms with E-state index < -0.39 is 41.9 Å². The molecular weight excluding hydrogens is 462 g/mol. The lowest BCUT2D eigenvalue weighted by Crippen LogP contribution is -2.52. The second kappa shape index (κ2) is 10.5. The number of aliphatic carboxylic acids is 2. The van der Waals surface area contributed by atoms with Crippen LogP contribution in [0.2, 0.25) is 0 Å². The molecule has 0 fully saturated rings. The molecular formula is C21H25N7O7. The lowest BCUT2D eigenvalue weighted by molar-refractivity contribution is -0.140. The number of rotatable bonds is 9. The fourth-order valence-electron chi connectivity index (χ4n) is 3.64. The van der Waals surface area contributed by atoms with Gasteiger partial charge in [-0.1, -0.05) is 0 Å². The van der Waals surface area contributed by atoms with Crippen LogP contribution in [-0.4, -0.2) is 69.1 Å². The molecule has 1 aromatic carbocycles. The number of nitrogen functional groups attached to an aromatic ring is 1. The number of nitrogens with two attached hydrogens (primary N) is 1. The Balaban J connectivity index is 1.65. The summed E-state index contributed by atoms with van der Waals surface area (Å²) in [5.74, 6) is -3.34. The molecule has 186 valence electrons. The number of carboxylic acids is 2. The van der Waals surface area contributed by atoms with Crippen molar-refractivity contribution in [1.29, 1.82) is 0 Å². The molecule has 0 radical (unpaired) electrons. The number of nitrogens with one attached hydrogen (secondary N) is 4. The van der Waals surface area contributed by atoms with Crippen LogP contribution in [0.1, 0.15) is 30.1 Å². The molecule has 14 heteroatoms. The van der Waals surface area contributed by atoms with Crippen molar-refractivity contribution in [1.82, 2.24) is 15.3 Å². The van der Waals surface area contributed by atoms with Crippen LogP contribution >= 0.6 is 0 Å². The highest BCUT2D eigenvalue weighted by Crippen LogP contribution is 2.26. The molecule has 2 aromatic rings. The molecule has 1 aliphatic rings. The minimum absolute atomic E-state index is 0.0676. The van der Waals surface area contributed by atoms with Crippen LogP contribution in [0.4, 0.5) is 23.1 Å². The number of anilines is 4. The van der Waals surface area contributed by atoms with Crippen molar-refractivity contribution in [3.8, 4) is 0 Å². The van der Waals surface area contributed by atoms with E-state index in [1.807, 2.05) is 0 Å². The van der Waals surface area contributed by atoms with E-state index in [9.17, 15) is 29.1 Å². The summed E-state index contributed by atoms with van der Waals surface area (Å²) in [5, 5.41) is 26.4. The Kier molecular flexibility index (Phi) is 7.53. The zero-order chi connectivity index (χ0) is 25.7. The highest BCUT2D eigenvalue weighted by molar-refractivity contribution is 5.97. The van der Waals surface area contributed by atoms with Crippen molar-refractivity contribution in [2.75, 3.05) is 34.4 Å². The molecule has 0 saturated carbocycles. The summed E-state index contributed by atoms with van der Waals surface area (Å²) in [6.07, 6.45) is -0.639. The van der Waals surface area contributed by atoms with E-state index in [0.29, 0.717) is 12.2 Å². The molecule has 2 atom stereocenters. The van der Waals surface area contributed by atoms with Gasteiger partial charge in [-0.25, -0.2) is 4.79 Å². The zero-order valence-electron chi connectivity index (χ0n) is 18.7. The summed E-state index contributed by atoms with van der Waals surface area (Å²) in [4.78, 5) is 66.8. The predicted molar refractivity (Wildman–Crippen MR) is 125 cm³/mol. The van der Waals surface area contributed by atoms with Gasteiger partial charge in [0.2, 0.25) is 11.9 Å². The number of hydrogen-bond acceptors (Lipinski definition) is 9. The van der Waals surface area contributed by atoms with E-state index >= 15 is 0 Å². The van der Waals surface area contributed by atoms with E-state index in [1.54, 1.807) is 12.1 Å². The van der Waals surface area contributed by atoms with Gasteiger partial charge in [0.05, 0.1) is 6.04 Å². The first-order chi connectivity index (χ1) is 16.6. The Morgan fingerprint density at radius 2 is 1.91 bits per heavy atom. The second-order valence-electron chi connectivity index (χ2n) is 7.83. The Labute approximate surface area is 198 Å². The number of amides is 2. The van der Waals surface area contributed by atoms with Gasteiger partial charge in [-0.15, -0.1) is 0 Å². The normalized spacial score (nSPS) is 15.3. The molecule has 14 nitrogen and oxygen atoms in total. The Bertz CT molecular complexity index is 1200. The third kappa shape index (κ3) is 6.04. The van der Waals surface area contributed by atoms with E-state index in [0.717, 1.165) is 0 Å². The molecule has 3 rings (SSSR count). The smallest absolute Gasteiger partial charge is 0.326 e. The molecule has 35 heavy (non-hydrogen) atoms. The first-order valence-corrected chi connectivity index (χ1v) is 10.6. The minimum atomic E-state index is -1.33. The van der Waals surface area contributed by atoms with Gasteiger partial charge < -0.3 is 31.9 Å². The highest BCUT2D eigenvalue weighted by atomic mass is 16.4. The number of carboxylic acid groups (broad SMARTS) is 2. The summed E-state index contributed by atoms with van der Waals surface area (Å²) >= 11 is 0. The van der Waals surface area contributed by atoms with Gasteiger partial charge in [0.15, 0.2) is 11.5 Å². The van der Waals surface area contributed by atoms with Crippen LogP contribution in [0.3, 0.4) is 0 Å². The van der Waals surface area contributed by atoms with Crippen LogP contribution in [-0.2, 0) is 14.4 Å². The predicted octanol–water partition coefficient (Wildman–Crippen LogP) is -0.341. The van der Waals surface area contributed by atoms with E-state index in [2.05, 4.69) is 25.9 Å². The minimum Gasteiger partial charge on any atom is -0.481 e. The largest absolute Gasteiger partial charge is 0.481 e. The number of aromatic nitrogens is 2. The van der Waals surface area contributed by atoms with Crippen molar-refractivity contribution in [3.63, 3.8) is 0 Å².